The molecular formula is C20H22INO4S. The van der Waals surface area contributed by atoms with Crippen molar-refractivity contribution in [2.24, 2.45) is 0 Å². The fraction of sp³-hybridized carbons (Fsp3) is 0.350. The molecule has 1 aliphatic heterocycles. The average Bonchev–Trinajstić information content (AvgIpc) is 2.94. The molecule has 0 unspecified atom stereocenters. The first-order valence-corrected chi connectivity index (χ1v) is 11.3. The van der Waals surface area contributed by atoms with E-state index in [-0.39, 0.29) is 14.9 Å². The highest BCUT2D eigenvalue weighted by atomic mass is 127. The number of hydrogen-bond acceptors (Lipinski definition) is 4. The first-order valence-electron chi connectivity index (χ1n) is 8.64. The summed E-state index contributed by atoms with van der Waals surface area (Å²) in [4.78, 5) is 13.2. The van der Waals surface area contributed by atoms with Crippen molar-refractivity contribution in [1.82, 2.24) is 4.31 Å². The van der Waals surface area contributed by atoms with Gasteiger partial charge in [-0.2, -0.15) is 4.31 Å². The van der Waals surface area contributed by atoms with Crippen LogP contribution in [0.5, 0.6) is 0 Å². The van der Waals surface area contributed by atoms with Crippen LogP contribution in [0.1, 0.15) is 24.5 Å². The smallest absolute Gasteiger partial charge is 0.332 e. The van der Waals surface area contributed by atoms with Crippen molar-refractivity contribution in [1.29, 1.82) is 0 Å². The fourth-order valence-electron chi connectivity index (χ4n) is 3.70. The van der Waals surface area contributed by atoms with Crippen LogP contribution in [0.2, 0.25) is 0 Å². The van der Waals surface area contributed by atoms with E-state index in [1.54, 1.807) is 36.4 Å². The summed E-state index contributed by atoms with van der Waals surface area (Å²) in [5, 5.41) is 0. The number of halogens is 1. The Balaban J connectivity index is 2.26. The van der Waals surface area contributed by atoms with Crippen molar-refractivity contribution in [2.45, 2.75) is 40.7 Å². The van der Waals surface area contributed by atoms with E-state index in [2.05, 4.69) is 22.6 Å². The number of carbonyl (C=O) groups excluding carboxylic acids is 1. The van der Waals surface area contributed by atoms with Crippen molar-refractivity contribution >= 4 is 38.6 Å². The highest BCUT2D eigenvalue weighted by Gasteiger charge is 2.61. The maximum absolute atomic E-state index is 13.6. The summed E-state index contributed by atoms with van der Waals surface area (Å²) >= 11 is 2.23. The number of carbonyl (C=O) groups is 1. The zero-order chi connectivity index (χ0) is 19.8. The molecule has 2 aromatic carbocycles. The number of rotatable bonds is 4. The molecule has 0 N–H and O–H groups in total. The lowest BCUT2D eigenvalue weighted by Gasteiger charge is -2.37. The molecule has 1 saturated heterocycles. The van der Waals surface area contributed by atoms with Crippen LogP contribution in [0, 0.1) is 6.92 Å². The highest BCUT2D eigenvalue weighted by molar-refractivity contribution is 14.1. The summed E-state index contributed by atoms with van der Waals surface area (Å²) < 4.78 is 33.7. The number of alkyl halides is 1. The van der Waals surface area contributed by atoms with Crippen LogP contribution in [-0.2, 0) is 25.1 Å². The van der Waals surface area contributed by atoms with Gasteiger partial charge in [-0.3, -0.25) is 0 Å². The molecule has 0 radical (unpaired) electrons. The number of aryl methyl sites for hydroxylation is 1. The lowest BCUT2D eigenvalue weighted by Crippen LogP contribution is -2.53. The Morgan fingerprint density at radius 1 is 1.15 bits per heavy atom. The second-order valence-electron chi connectivity index (χ2n) is 6.79. The number of sulfonamides is 1. The Morgan fingerprint density at radius 2 is 1.74 bits per heavy atom. The number of benzene rings is 2. The molecule has 0 aromatic heterocycles. The van der Waals surface area contributed by atoms with Gasteiger partial charge in [0.25, 0.3) is 0 Å². The molecule has 7 heteroatoms. The van der Waals surface area contributed by atoms with Gasteiger partial charge in [0.1, 0.15) is 0 Å². The summed E-state index contributed by atoms with van der Waals surface area (Å²) in [6.45, 7) is 3.74. The van der Waals surface area contributed by atoms with Gasteiger partial charge in [0.2, 0.25) is 10.0 Å². The monoisotopic (exact) mass is 499 g/mol. The van der Waals surface area contributed by atoms with Crippen LogP contribution in [0.4, 0.5) is 0 Å². The average molecular weight is 499 g/mol. The van der Waals surface area contributed by atoms with Crippen molar-refractivity contribution in [3.63, 3.8) is 0 Å². The normalized spacial score (nSPS) is 26.1. The van der Waals surface area contributed by atoms with E-state index >= 15 is 0 Å². The lowest BCUT2D eigenvalue weighted by atomic mass is 9.88. The Labute approximate surface area is 173 Å². The molecule has 0 bridgehead atoms. The van der Waals surface area contributed by atoms with Crippen LogP contribution in [0.15, 0.2) is 59.5 Å². The van der Waals surface area contributed by atoms with Crippen LogP contribution in [-0.4, -0.2) is 35.8 Å². The number of ether oxygens (including phenoxy) is 1. The number of hydrogen-bond donors (Lipinski definition) is 0. The van der Waals surface area contributed by atoms with E-state index in [4.69, 9.17) is 4.74 Å². The van der Waals surface area contributed by atoms with E-state index in [9.17, 15) is 13.2 Å². The lowest BCUT2D eigenvalue weighted by molar-refractivity contribution is -0.152. The van der Waals surface area contributed by atoms with Crippen LogP contribution >= 0.6 is 22.6 Å². The molecule has 0 amide bonds. The molecule has 1 aliphatic rings. The topological polar surface area (TPSA) is 63.7 Å². The van der Waals surface area contributed by atoms with Gasteiger partial charge in [0.05, 0.1) is 12.0 Å². The molecule has 2 aromatic rings. The summed E-state index contributed by atoms with van der Waals surface area (Å²) in [5.74, 6) is -0.560. The van der Waals surface area contributed by atoms with Gasteiger partial charge < -0.3 is 4.74 Å². The predicted molar refractivity (Wildman–Crippen MR) is 112 cm³/mol. The Kier molecular flexibility index (Phi) is 5.65. The third-order valence-electron chi connectivity index (χ3n) is 5.11. The van der Waals surface area contributed by atoms with Crippen molar-refractivity contribution in [2.75, 3.05) is 7.11 Å². The van der Waals surface area contributed by atoms with E-state index in [1.165, 1.54) is 11.4 Å². The van der Waals surface area contributed by atoms with E-state index in [0.29, 0.717) is 12.0 Å². The van der Waals surface area contributed by atoms with Gasteiger partial charge in [-0.05, 0) is 38.0 Å². The number of nitrogens with zero attached hydrogens (tertiary/aromatic N) is 1. The molecule has 1 heterocycles. The fourth-order valence-corrected chi connectivity index (χ4v) is 6.84. The van der Waals surface area contributed by atoms with Crippen molar-refractivity contribution in [3.05, 3.63) is 65.7 Å². The van der Waals surface area contributed by atoms with Gasteiger partial charge in [0, 0.05) is 9.97 Å². The maximum Gasteiger partial charge on any atom is 0.332 e. The van der Waals surface area contributed by atoms with E-state index in [0.717, 1.165) is 5.56 Å². The second-order valence-corrected chi connectivity index (χ2v) is 10.2. The molecule has 27 heavy (non-hydrogen) atoms. The highest BCUT2D eigenvalue weighted by Crippen LogP contribution is 2.48. The van der Waals surface area contributed by atoms with Crippen molar-refractivity contribution < 1.29 is 17.9 Å². The molecule has 144 valence electrons. The Hall–Kier alpha value is -1.45. The molecule has 3 rings (SSSR count). The predicted octanol–water partition coefficient (Wildman–Crippen LogP) is 3.65. The van der Waals surface area contributed by atoms with Gasteiger partial charge in [0.15, 0.2) is 5.54 Å². The molecule has 3 atom stereocenters. The number of methoxy groups -OCH3 is 1. The summed E-state index contributed by atoms with van der Waals surface area (Å²) in [6, 6.07) is 15.4. The quantitative estimate of drug-likeness (QED) is 0.366. The second kappa shape index (κ2) is 7.52. The third kappa shape index (κ3) is 3.30. The molecule has 1 fully saturated rings. The van der Waals surface area contributed by atoms with Crippen LogP contribution in [0.25, 0.3) is 0 Å². The van der Waals surface area contributed by atoms with Gasteiger partial charge in [-0.1, -0.05) is 70.6 Å². The SMILES string of the molecule is COC(=O)[C@@]1(c2ccccc2)C[C@H](I)[C@@H](C)N1S(=O)(=O)c1ccc(C)cc1. The number of esters is 1. The Bertz CT molecular complexity index is 930. The molecule has 0 saturated carbocycles. The summed E-state index contributed by atoms with van der Waals surface area (Å²) in [7, 11) is -2.62. The standard InChI is InChI=1S/C20H22INO4S/c1-14-9-11-17(12-10-14)27(24,25)22-15(2)18(21)13-20(22,19(23)26-3)16-7-5-4-6-8-16/h4-12,15,18H,13H2,1-3H3/t15-,18+,20+/m1/s1. The zero-order valence-corrected chi connectivity index (χ0v) is 18.4. The molecule has 0 aliphatic carbocycles. The molecular weight excluding hydrogens is 477 g/mol. The van der Waals surface area contributed by atoms with Crippen LogP contribution < -0.4 is 0 Å². The van der Waals surface area contributed by atoms with Crippen LogP contribution in [0.3, 0.4) is 0 Å². The minimum absolute atomic E-state index is 0.0397. The largest absolute Gasteiger partial charge is 0.467 e. The van der Waals surface area contributed by atoms with Gasteiger partial charge in [-0.25, -0.2) is 13.2 Å². The maximum atomic E-state index is 13.6. The minimum atomic E-state index is -3.92. The summed E-state index contributed by atoms with van der Waals surface area (Å²) in [6.07, 6.45) is 0.358. The molecule has 5 nitrogen and oxygen atoms in total. The van der Waals surface area contributed by atoms with E-state index < -0.39 is 21.5 Å². The Morgan fingerprint density at radius 3 is 2.30 bits per heavy atom. The first kappa shape index (κ1) is 20.3. The molecule has 0 spiro atoms. The van der Waals surface area contributed by atoms with Gasteiger partial charge in [-0.15, -0.1) is 0 Å². The third-order valence-corrected chi connectivity index (χ3v) is 8.62. The summed E-state index contributed by atoms with van der Waals surface area (Å²) in [5.41, 5.74) is 0.210. The first-order chi connectivity index (χ1) is 12.7. The van der Waals surface area contributed by atoms with E-state index in [1.807, 2.05) is 32.0 Å². The minimum Gasteiger partial charge on any atom is -0.467 e. The van der Waals surface area contributed by atoms with Crippen molar-refractivity contribution in [3.8, 4) is 0 Å². The zero-order valence-electron chi connectivity index (χ0n) is 15.4. The van der Waals surface area contributed by atoms with Gasteiger partial charge >= 0.3 is 5.97 Å².